The van der Waals surface area contributed by atoms with Gasteiger partial charge in [-0.3, -0.25) is 10.1 Å². The number of aliphatic carboxylic acids is 1. The van der Waals surface area contributed by atoms with Crippen LogP contribution in [-0.4, -0.2) is 40.6 Å². The molecule has 3 aromatic rings. The van der Waals surface area contributed by atoms with Gasteiger partial charge in [0, 0.05) is 18.3 Å². The Hall–Kier alpha value is -4.59. The monoisotopic (exact) mass is 525 g/mol. The number of hydrogen-bond donors (Lipinski definition) is 2. The van der Waals surface area contributed by atoms with Crippen LogP contribution in [0.1, 0.15) is 36.6 Å². The van der Waals surface area contributed by atoms with E-state index in [9.17, 15) is 28.3 Å². The minimum atomic E-state index is -4.60. The molecule has 3 rings (SSSR count). The van der Waals surface area contributed by atoms with Crippen molar-refractivity contribution >= 4 is 17.7 Å². The lowest BCUT2D eigenvalue weighted by molar-refractivity contribution is -0.138. The summed E-state index contributed by atoms with van der Waals surface area (Å²) in [5.74, 6) is -0.260. The lowest BCUT2D eigenvalue weighted by Gasteiger charge is -2.32. The quantitative estimate of drug-likeness (QED) is 0.172. The van der Waals surface area contributed by atoms with Gasteiger partial charge in [-0.2, -0.15) is 23.4 Å². The maximum absolute atomic E-state index is 13.8. The number of carboxylic acids is 1. The molecule has 2 aromatic carbocycles. The minimum Gasteiger partial charge on any atom is -0.496 e. The van der Waals surface area contributed by atoms with Crippen LogP contribution in [0.15, 0.2) is 65.8 Å². The first-order valence-electron chi connectivity index (χ1n) is 11.6. The van der Waals surface area contributed by atoms with E-state index in [0.717, 1.165) is 12.1 Å². The molecule has 0 spiro atoms. The van der Waals surface area contributed by atoms with Crippen molar-refractivity contribution in [1.29, 1.82) is 5.26 Å². The van der Waals surface area contributed by atoms with Crippen LogP contribution in [0, 0.1) is 11.5 Å². The zero-order valence-corrected chi connectivity index (χ0v) is 21.0. The van der Waals surface area contributed by atoms with Crippen LogP contribution in [-0.2, 0) is 17.4 Å². The Morgan fingerprint density at radius 1 is 1.21 bits per heavy atom. The van der Waals surface area contributed by atoms with Gasteiger partial charge in [-0.25, -0.2) is 4.98 Å². The fourth-order valence-electron chi connectivity index (χ4n) is 4.10. The molecular formula is C27H26F3N5O3. The zero-order chi connectivity index (χ0) is 27.9. The largest absolute Gasteiger partial charge is 0.496 e. The number of nitrogens with one attached hydrogen (secondary N) is 1. The summed E-state index contributed by atoms with van der Waals surface area (Å²) in [4.78, 5) is 21.5. The number of ether oxygens (including phenoxy) is 1. The third-order valence-corrected chi connectivity index (χ3v) is 5.86. The number of carbonyl (C=O) groups is 1. The Morgan fingerprint density at radius 3 is 2.55 bits per heavy atom. The van der Waals surface area contributed by atoms with Gasteiger partial charge in [0.25, 0.3) is 0 Å². The summed E-state index contributed by atoms with van der Waals surface area (Å²) in [6.07, 6.45) is -1.51. The number of aromatic nitrogens is 1. The van der Waals surface area contributed by atoms with Gasteiger partial charge < -0.3 is 14.7 Å². The molecule has 198 valence electrons. The predicted molar refractivity (Wildman–Crippen MR) is 136 cm³/mol. The van der Waals surface area contributed by atoms with E-state index in [1.807, 2.05) is 6.19 Å². The third-order valence-electron chi connectivity index (χ3n) is 5.86. The molecule has 0 aliphatic rings. The van der Waals surface area contributed by atoms with Crippen molar-refractivity contribution in [2.45, 2.75) is 32.5 Å². The van der Waals surface area contributed by atoms with Crippen LogP contribution in [0.4, 0.5) is 19.0 Å². The lowest BCUT2D eigenvalue weighted by atomic mass is 9.91. The molecule has 0 amide bonds. The lowest BCUT2D eigenvalue weighted by Crippen LogP contribution is -2.41. The SMILES string of the molecule is CCN(/C(=N/c1ccccn1)NC#N)C(C)c1cc(C(F)(F)F)ccc1-c1cc(CC(=O)O)ccc1OC. The topological polar surface area (TPSA) is 111 Å². The molecule has 0 fully saturated rings. The van der Waals surface area contributed by atoms with Gasteiger partial charge in [-0.05, 0) is 66.9 Å². The standard InChI is InChI=1S/C27H26F3N5O3/c1-4-35(26(33-16-31)34-24-7-5-6-12-32-24)17(2)21-15-19(27(28,29)30)9-10-20(21)22-13-18(14-25(36)37)8-11-23(22)38-3/h5-13,15,17H,4,14H2,1-3H3,(H,36,37)(H,32,33,34). The van der Waals surface area contributed by atoms with Gasteiger partial charge in [-0.15, -0.1) is 0 Å². The molecule has 0 bridgehead atoms. The van der Waals surface area contributed by atoms with E-state index < -0.39 is 23.8 Å². The third kappa shape index (κ3) is 6.59. The fraction of sp³-hybridized carbons (Fsp3) is 0.259. The van der Waals surface area contributed by atoms with E-state index in [1.54, 1.807) is 55.1 Å². The molecule has 1 unspecified atom stereocenters. The van der Waals surface area contributed by atoms with Crippen LogP contribution >= 0.6 is 0 Å². The van der Waals surface area contributed by atoms with Crippen LogP contribution < -0.4 is 10.1 Å². The molecule has 0 radical (unpaired) electrons. The summed E-state index contributed by atoms with van der Waals surface area (Å²) in [6, 6.07) is 12.5. The zero-order valence-electron chi connectivity index (χ0n) is 21.0. The molecule has 2 N–H and O–H groups in total. The molecule has 0 aliphatic heterocycles. The van der Waals surface area contributed by atoms with Gasteiger partial charge in [0.05, 0.1) is 25.1 Å². The summed E-state index contributed by atoms with van der Waals surface area (Å²) in [7, 11) is 1.43. The van der Waals surface area contributed by atoms with Crippen molar-refractivity contribution in [3.05, 3.63) is 77.5 Å². The highest BCUT2D eigenvalue weighted by Crippen LogP contribution is 2.40. The maximum atomic E-state index is 13.8. The van der Waals surface area contributed by atoms with E-state index in [0.29, 0.717) is 28.3 Å². The van der Waals surface area contributed by atoms with Crippen molar-refractivity contribution in [3.8, 4) is 23.1 Å². The number of guanidine groups is 1. The van der Waals surface area contributed by atoms with Gasteiger partial charge in [0.15, 0.2) is 12.0 Å². The Labute approximate surface area is 218 Å². The van der Waals surface area contributed by atoms with Crippen molar-refractivity contribution < 1.29 is 27.8 Å². The van der Waals surface area contributed by atoms with Crippen LogP contribution in [0.3, 0.4) is 0 Å². The maximum Gasteiger partial charge on any atom is 0.416 e. The Bertz CT molecular complexity index is 1350. The van der Waals surface area contributed by atoms with Crippen molar-refractivity contribution in [1.82, 2.24) is 15.2 Å². The normalized spacial score (nSPS) is 12.4. The molecule has 0 saturated heterocycles. The van der Waals surface area contributed by atoms with Gasteiger partial charge in [0.2, 0.25) is 5.96 Å². The second-order valence-corrected chi connectivity index (χ2v) is 8.23. The summed E-state index contributed by atoms with van der Waals surface area (Å²) in [6.45, 7) is 3.77. The van der Waals surface area contributed by atoms with Crippen LogP contribution in [0.5, 0.6) is 5.75 Å². The number of rotatable bonds is 8. The second-order valence-electron chi connectivity index (χ2n) is 8.23. The molecule has 11 heteroatoms. The molecular weight excluding hydrogens is 499 g/mol. The van der Waals surface area contributed by atoms with Crippen LogP contribution in [0.2, 0.25) is 0 Å². The Kier molecular flexibility index (Phi) is 8.91. The summed E-state index contributed by atoms with van der Waals surface area (Å²) in [5.41, 5.74) is 0.747. The number of methoxy groups -OCH3 is 1. The highest BCUT2D eigenvalue weighted by Gasteiger charge is 2.33. The molecule has 0 aliphatic carbocycles. The smallest absolute Gasteiger partial charge is 0.416 e. The number of aliphatic imine (C=N–C) groups is 1. The van der Waals surface area contributed by atoms with Crippen LogP contribution in [0.25, 0.3) is 11.1 Å². The first kappa shape index (κ1) is 28.0. The van der Waals surface area contributed by atoms with Gasteiger partial charge >= 0.3 is 12.1 Å². The summed E-state index contributed by atoms with van der Waals surface area (Å²) < 4.78 is 46.8. The second kappa shape index (κ2) is 12.1. The summed E-state index contributed by atoms with van der Waals surface area (Å²) >= 11 is 0. The molecule has 8 nitrogen and oxygen atoms in total. The summed E-state index contributed by atoms with van der Waals surface area (Å²) in [5, 5.41) is 21.1. The molecule has 1 heterocycles. The van der Waals surface area contributed by atoms with E-state index in [1.165, 1.54) is 19.4 Å². The average Bonchev–Trinajstić information content (AvgIpc) is 2.88. The number of halogens is 3. The van der Waals surface area contributed by atoms with Gasteiger partial charge in [0.1, 0.15) is 5.75 Å². The van der Waals surface area contributed by atoms with E-state index >= 15 is 0 Å². The number of alkyl halides is 3. The first-order valence-corrected chi connectivity index (χ1v) is 11.6. The van der Waals surface area contributed by atoms with E-state index in [4.69, 9.17) is 4.74 Å². The van der Waals surface area contributed by atoms with Crippen molar-refractivity contribution in [2.24, 2.45) is 4.99 Å². The fourth-order valence-corrected chi connectivity index (χ4v) is 4.10. The number of benzene rings is 2. The van der Waals surface area contributed by atoms with Crippen molar-refractivity contribution in [2.75, 3.05) is 13.7 Å². The Balaban J connectivity index is 2.23. The molecule has 38 heavy (non-hydrogen) atoms. The number of pyridine rings is 1. The number of nitrogens with zero attached hydrogens (tertiary/aromatic N) is 4. The highest BCUT2D eigenvalue weighted by atomic mass is 19.4. The molecule has 1 atom stereocenters. The minimum absolute atomic E-state index is 0.108. The van der Waals surface area contributed by atoms with Crippen molar-refractivity contribution in [3.63, 3.8) is 0 Å². The molecule has 0 saturated carbocycles. The van der Waals surface area contributed by atoms with Gasteiger partial charge in [-0.1, -0.05) is 18.2 Å². The molecule has 1 aromatic heterocycles. The van der Waals surface area contributed by atoms with E-state index in [-0.39, 0.29) is 24.5 Å². The Morgan fingerprint density at radius 2 is 1.97 bits per heavy atom. The highest BCUT2D eigenvalue weighted by molar-refractivity contribution is 5.85. The number of nitriles is 1. The number of hydrogen-bond acceptors (Lipinski definition) is 5. The average molecular weight is 526 g/mol. The predicted octanol–water partition coefficient (Wildman–Crippen LogP) is 5.54. The van der Waals surface area contributed by atoms with E-state index in [2.05, 4.69) is 15.3 Å². The number of carboxylic acid groups (broad SMARTS) is 1. The first-order chi connectivity index (χ1) is 18.1.